The zero-order valence-electron chi connectivity index (χ0n) is 9.59. The maximum absolute atomic E-state index is 3.54. The zero-order chi connectivity index (χ0) is 11.2. The third-order valence-electron chi connectivity index (χ3n) is 2.80. The van der Waals surface area contributed by atoms with E-state index in [1.165, 1.54) is 11.1 Å². The first-order valence-corrected chi connectivity index (χ1v) is 6.70. The Hall–Kier alpha value is -0.650. The molecule has 87 valence electrons. The Morgan fingerprint density at radius 1 is 0.765 bits per heavy atom. The third kappa shape index (κ3) is 3.94. The van der Waals surface area contributed by atoms with Crippen molar-refractivity contribution in [1.82, 2.24) is 0 Å². The minimum Gasteiger partial charge on any atom is -0.0928 e. The van der Waals surface area contributed by atoms with Crippen molar-refractivity contribution in [3.05, 3.63) is 71.8 Å². The number of halogens is 1. The highest BCUT2D eigenvalue weighted by atomic mass is 79.9. The van der Waals surface area contributed by atoms with Crippen molar-refractivity contribution in [2.45, 2.75) is 12.3 Å². The van der Waals surface area contributed by atoms with Gasteiger partial charge < -0.3 is 0 Å². The molecule has 0 aliphatic rings. The molecule has 0 aliphatic carbocycles. The summed E-state index contributed by atoms with van der Waals surface area (Å²) in [4.78, 5) is 0. The van der Waals surface area contributed by atoms with Crippen LogP contribution < -0.4 is 0 Å². The van der Waals surface area contributed by atoms with Gasteiger partial charge in [-0.3, -0.25) is 0 Å². The molecule has 0 aromatic heterocycles. The lowest BCUT2D eigenvalue weighted by molar-refractivity contribution is 0.789. The SMILES string of the molecule is BrCCC(c1ccccc1)c1ccccc1.[P]. The van der Waals surface area contributed by atoms with E-state index in [9.17, 15) is 0 Å². The average molecular weight is 306 g/mol. The zero-order valence-corrected chi connectivity index (χ0v) is 12.1. The van der Waals surface area contributed by atoms with E-state index >= 15 is 0 Å². The van der Waals surface area contributed by atoms with Gasteiger partial charge in [0.2, 0.25) is 0 Å². The van der Waals surface area contributed by atoms with Crippen LogP contribution in [0.2, 0.25) is 0 Å². The molecule has 0 N–H and O–H groups in total. The highest BCUT2D eigenvalue weighted by Crippen LogP contribution is 2.28. The number of benzene rings is 2. The van der Waals surface area contributed by atoms with Crippen molar-refractivity contribution >= 4 is 25.8 Å². The average Bonchev–Trinajstić information content (AvgIpc) is 2.38. The smallest absolute Gasteiger partial charge is 0.00972 e. The summed E-state index contributed by atoms with van der Waals surface area (Å²) < 4.78 is 0. The molecule has 0 spiro atoms. The van der Waals surface area contributed by atoms with E-state index in [0.29, 0.717) is 5.92 Å². The molecule has 0 fully saturated rings. The summed E-state index contributed by atoms with van der Waals surface area (Å²) in [5, 5.41) is 1.03. The summed E-state index contributed by atoms with van der Waals surface area (Å²) in [6.07, 6.45) is 1.13. The Balaban J connectivity index is 0.00000144. The van der Waals surface area contributed by atoms with Crippen molar-refractivity contribution in [2.24, 2.45) is 0 Å². The molecule has 0 nitrogen and oxygen atoms in total. The molecule has 3 radical (unpaired) electrons. The number of rotatable bonds is 4. The second-order valence-electron chi connectivity index (χ2n) is 3.85. The number of hydrogen-bond acceptors (Lipinski definition) is 0. The molecule has 0 aliphatic heterocycles. The minimum absolute atomic E-state index is 0. The molecule has 2 heteroatoms. The molecule has 0 saturated carbocycles. The van der Waals surface area contributed by atoms with Gasteiger partial charge in [0.15, 0.2) is 0 Å². The topological polar surface area (TPSA) is 0 Å². The van der Waals surface area contributed by atoms with E-state index in [4.69, 9.17) is 0 Å². The Morgan fingerprint density at radius 2 is 1.18 bits per heavy atom. The van der Waals surface area contributed by atoms with Gasteiger partial charge in [0, 0.05) is 21.1 Å². The van der Waals surface area contributed by atoms with Gasteiger partial charge in [-0.15, -0.1) is 0 Å². The highest BCUT2D eigenvalue weighted by Gasteiger charge is 2.12. The van der Waals surface area contributed by atoms with Crippen LogP contribution in [0, 0.1) is 0 Å². The molecule has 2 rings (SSSR count). The van der Waals surface area contributed by atoms with E-state index in [0.717, 1.165) is 11.8 Å². The van der Waals surface area contributed by atoms with Gasteiger partial charge in [-0.2, -0.15) is 0 Å². The summed E-state index contributed by atoms with van der Waals surface area (Å²) in [5.41, 5.74) is 2.79. The minimum atomic E-state index is 0. The first-order valence-electron chi connectivity index (χ1n) is 5.57. The lowest BCUT2D eigenvalue weighted by Crippen LogP contribution is -2.01. The molecule has 2 aromatic rings. The molecule has 17 heavy (non-hydrogen) atoms. The molecular formula is C15H15BrP. The van der Waals surface area contributed by atoms with Crippen LogP contribution in [0.15, 0.2) is 60.7 Å². The predicted octanol–water partition coefficient (Wildman–Crippen LogP) is 5.46. The van der Waals surface area contributed by atoms with Gasteiger partial charge in [0.05, 0.1) is 0 Å². The Morgan fingerprint density at radius 3 is 1.53 bits per heavy atom. The quantitative estimate of drug-likeness (QED) is 0.519. The van der Waals surface area contributed by atoms with E-state index in [1.807, 2.05) is 0 Å². The summed E-state index contributed by atoms with van der Waals surface area (Å²) in [5.74, 6) is 0.502. The predicted molar refractivity (Wildman–Crippen MR) is 80.1 cm³/mol. The second-order valence-corrected chi connectivity index (χ2v) is 4.64. The van der Waals surface area contributed by atoms with Crippen LogP contribution in [0.3, 0.4) is 0 Å². The van der Waals surface area contributed by atoms with E-state index in [-0.39, 0.29) is 9.90 Å². The number of alkyl halides is 1. The highest BCUT2D eigenvalue weighted by molar-refractivity contribution is 9.09. The molecule has 0 heterocycles. The third-order valence-corrected chi connectivity index (χ3v) is 3.26. The fraction of sp³-hybridized carbons (Fsp3) is 0.200. The van der Waals surface area contributed by atoms with E-state index in [2.05, 4.69) is 76.6 Å². The summed E-state index contributed by atoms with van der Waals surface area (Å²) >= 11 is 3.54. The monoisotopic (exact) mass is 305 g/mol. The van der Waals surface area contributed by atoms with Gasteiger partial charge in [-0.1, -0.05) is 76.6 Å². The molecule has 0 saturated heterocycles. The van der Waals surface area contributed by atoms with Gasteiger partial charge in [0.25, 0.3) is 0 Å². The van der Waals surface area contributed by atoms with Gasteiger partial charge in [-0.05, 0) is 17.5 Å². The van der Waals surface area contributed by atoms with Crippen LogP contribution in [-0.4, -0.2) is 5.33 Å². The van der Waals surface area contributed by atoms with E-state index < -0.39 is 0 Å². The molecule has 0 atom stereocenters. The van der Waals surface area contributed by atoms with E-state index in [1.54, 1.807) is 0 Å². The summed E-state index contributed by atoms with van der Waals surface area (Å²) in [6.45, 7) is 0. The molecule has 0 bridgehead atoms. The number of hydrogen-bond donors (Lipinski definition) is 0. The lowest BCUT2D eigenvalue weighted by atomic mass is 9.89. The fourth-order valence-corrected chi connectivity index (χ4v) is 2.46. The summed E-state index contributed by atoms with van der Waals surface area (Å²) in [7, 11) is 0. The van der Waals surface area contributed by atoms with Crippen molar-refractivity contribution < 1.29 is 0 Å². The first-order chi connectivity index (χ1) is 7.92. The van der Waals surface area contributed by atoms with Crippen molar-refractivity contribution in [1.29, 1.82) is 0 Å². The maximum atomic E-state index is 3.54. The van der Waals surface area contributed by atoms with Crippen LogP contribution >= 0.6 is 25.8 Å². The van der Waals surface area contributed by atoms with Crippen molar-refractivity contribution in [3.63, 3.8) is 0 Å². The Labute approximate surface area is 115 Å². The molecular weight excluding hydrogens is 291 g/mol. The van der Waals surface area contributed by atoms with Gasteiger partial charge >= 0.3 is 0 Å². The van der Waals surface area contributed by atoms with Crippen LogP contribution in [0.1, 0.15) is 23.5 Å². The van der Waals surface area contributed by atoms with Crippen LogP contribution in [0.4, 0.5) is 0 Å². The van der Waals surface area contributed by atoms with Gasteiger partial charge in [-0.25, -0.2) is 0 Å². The normalized spacial score (nSPS) is 10.0. The molecule has 2 aromatic carbocycles. The largest absolute Gasteiger partial charge is 0.0928 e. The van der Waals surface area contributed by atoms with Crippen LogP contribution in [0.5, 0.6) is 0 Å². The van der Waals surface area contributed by atoms with Crippen LogP contribution in [0.25, 0.3) is 0 Å². The second kappa shape index (κ2) is 7.63. The van der Waals surface area contributed by atoms with Crippen LogP contribution in [-0.2, 0) is 0 Å². The fourth-order valence-electron chi connectivity index (χ4n) is 2.01. The van der Waals surface area contributed by atoms with Crippen molar-refractivity contribution in [2.75, 3.05) is 5.33 Å². The lowest BCUT2D eigenvalue weighted by Gasteiger charge is -2.16. The first kappa shape index (κ1) is 14.4. The Bertz CT molecular complexity index is 374. The molecule has 0 unspecified atom stereocenters. The summed E-state index contributed by atoms with van der Waals surface area (Å²) in [6, 6.07) is 21.4. The van der Waals surface area contributed by atoms with Crippen molar-refractivity contribution in [3.8, 4) is 0 Å². The molecule has 0 amide bonds. The standard InChI is InChI=1S/C15H15Br.P/c16-12-11-15(13-7-3-1-4-8-13)14-9-5-2-6-10-14;/h1-10,15H,11-12H2;. The van der Waals surface area contributed by atoms with Gasteiger partial charge in [0.1, 0.15) is 0 Å². The maximum Gasteiger partial charge on any atom is 0.00972 e. The Kier molecular flexibility index (Phi) is 6.47.